The van der Waals surface area contributed by atoms with Crippen LogP contribution in [-0.4, -0.2) is 37.1 Å². The molecule has 0 saturated carbocycles. The summed E-state index contributed by atoms with van der Waals surface area (Å²) in [5, 5.41) is 5.18. The lowest BCUT2D eigenvalue weighted by Gasteiger charge is -2.15. The van der Waals surface area contributed by atoms with Crippen LogP contribution >= 0.6 is 0 Å². The maximum absolute atomic E-state index is 13.3. The van der Waals surface area contributed by atoms with Gasteiger partial charge in [-0.1, -0.05) is 0 Å². The van der Waals surface area contributed by atoms with Gasteiger partial charge >= 0.3 is 6.03 Å². The Morgan fingerprint density at radius 1 is 1.33 bits per heavy atom. The minimum absolute atomic E-state index is 0.192. The molecule has 98 valence electrons. The SMILES string of the molecule is O=C1NCCN1CCNc1cc(F)cc(F)c1F. The number of nitrogens with one attached hydrogen (secondary N) is 2. The number of halogens is 3. The lowest BCUT2D eigenvalue weighted by atomic mass is 10.3. The van der Waals surface area contributed by atoms with Crippen LogP contribution in [0.4, 0.5) is 23.7 Å². The molecule has 18 heavy (non-hydrogen) atoms. The third-order valence-corrected chi connectivity index (χ3v) is 2.64. The standard InChI is InChI=1S/C11H12F3N3O/c12-7-5-8(13)10(14)9(6-7)15-1-3-17-4-2-16-11(17)18/h5-6,15H,1-4H2,(H,16,18). The Kier molecular flexibility index (Phi) is 3.59. The van der Waals surface area contributed by atoms with Crippen molar-refractivity contribution in [2.75, 3.05) is 31.5 Å². The van der Waals surface area contributed by atoms with Gasteiger partial charge < -0.3 is 15.5 Å². The predicted octanol–water partition coefficient (Wildman–Crippen LogP) is 1.54. The van der Waals surface area contributed by atoms with Gasteiger partial charge in [0.1, 0.15) is 5.82 Å². The minimum atomic E-state index is -1.24. The molecule has 0 atom stereocenters. The Morgan fingerprint density at radius 2 is 2.11 bits per heavy atom. The van der Waals surface area contributed by atoms with E-state index in [0.29, 0.717) is 25.7 Å². The van der Waals surface area contributed by atoms with Crippen molar-refractivity contribution in [1.29, 1.82) is 0 Å². The second-order valence-electron chi connectivity index (χ2n) is 3.89. The lowest BCUT2D eigenvalue weighted by Crippen LogP contribution is -2.32. The van der Waals surface area contributed by atoms with E-state index in [1.165, 1.54) is 4.90 Å². The third kappa shape index (κ3) is 2.66. The van der Waals surface area contributed by atoms with Gasteiger partial charge in [-0.25, -0.2) is 18.0 Å². The summed E-state index contributed by atoms with van der Waals surface area (Å²) in [6, 6.07) is 1.17. The first-order valence-electron chi connectivity index (χ1n) is 5.49. The van der Waals surface area contributed by atoms with E-state index < -0.39 is 17.5 Å². The third-order valence-electron chi connectivity index (χ3n) is 2.64. The molecule has 2 rings (SSSR count). The van der Waals surface area contributed by atoms with Crippen molar-refractivity contribution in [2.24, 2.45) is 0 Å². The van der Waals surface area contributed by atoms with Gasteiger partial charge in [-0.05, 0) is 0 Å². The number of hydrogen-bond donors (Lipinski definition) is 2. The Morgan fingerprint density at radius 3 is 2.78 bits per heavy atom. The van der Waals surface area contributed by atoms with Crippen LogP contribution in [-0.2, 0) is 0 Å². The number of hydrogen-bond acceptors (Lipinski definition) is 2. The minimum Gasteiger partial charge on any atom is -0.381 e. The molecule has 4 nitrogen and oxygen atoms in total. The Bertz CT molecular complexity index is 467. The highest BCUT2D eigenvalue weighted by molar-refractivity contribution is 5.76. The molecule has 7 heteroatoms. The highest BCUT2D eigenvalue weighted by Crippen LogP contribution is 2.18. The predicted molar refractivity (Wildman–Crippen MR) is 59.8 cm³/mol. The van der Waals surface area contributed by atoms with Crippen molar-refractivity contribution in [3.05, 3.63) is 29.6 Å². The maximum atomic E-state index is 13.3. The number of amides is 2. The Labute approximate surface area is 102 Å². The summed E-state index contributed by atoms with van der Waals surface area (Å²) in [6.45, 7) is 1.69. The van der Waals surface area contributed by atoms with Crippen LogP contribution in [0.5, 0.6) is 0 Å². The molecule has 0 aliphatic carbocycles. The van der Waals surface area contributed by atoms with Gasteiger partial charge in [-0.3, -0.25) is 0 Å². The zero-order valence-electron chi connectivity index (χ0n) is 9.47. The van der Waals surface area contributed by atoms with Crippen LogP contribution in [0.3, 0.4) is 0 Å². The molecule has 1 aliphatic rings. The van der Waals surface area contributed by atoms with E-state index in [1.807, 2.05) is 0 Å². The van der Waals surface area contributed by atoms with E-state index in [0.717, 1.165) is 6.07 Å². The summed E-state index contributed by atoms with van der Waals surface area (Å²) in [5.41, 5.74) is -0.243. The lowest BCUT2D eigenvalue weighted by molar-refractivity contribution is 0.219. The van der Waals surface area contributed by atoms with Gasteiger partial charge in [0.05, 0.1) is 5.69 Å². The molecule has 2 amide bonds. The number of nitrogens with zero attached hydrogens (tertiary/aromatic N) is 1. The topological polar surface area (TPSA) is 44.4 Å². The van der Waals surface area contributed by atoms with E-state index in [2.05, 4.69) is 10.6 Å². The van der Waals surface area contributed by atoms with Crippen molar-refractivity contribution < 1.29 is 18.0 Å². The van der Waals surface area contributed by atoms with E-state index in [9.17, 15) is 18.0 Å². The molecule has 2 N–H and O–H groups in total. The number of anilines is 1. The van der Waals surface area contributed by atoms with Crippen LogP contribution in [0, 0.1) is 17.5 Å². The molecular formula is C11H12F3N3O. The number of rotatable bonds is 4. The molecule has 0 aromatic heterocycles. The van der Waals surface area contributed by atoms with Gasteiger partial charge in [0.2, 0.25) is 0 Å². The summed E-state index contributed by atoms with van der Waals surface area (Å²) in [5.74, 6) is -3.21. The number of carbonyl (C=O) groups excluding carboxylic acids is 1. The van der Waals surface area contributed by atoms with Crippen molar-refractivity contribution >= 4 is 11.7 Å². The van der Waals surface area contributed by atoms with Crippen LogP contribution in [0.15, 0.2) is 12.1 Å². The van der Waals surface area contributed by atoms with Gasteiger partial charge in [0.15, 0.2) is 11.6 Å². The van der Waals surface area contributed by atoms with Gasteiger partial charge in [0.25, 0.3) is 0 Å². The molecule has 1 fully saturated rings. The van der Waals surface area contributed by atoms with Crippen molar-refractivity contribution in [3.63, 3.8) is 0 Å². The molecule has 1 saturated heterocycles. The molecule has 0 unspecified atom stereocenters. The smallest absolute Gasteiger partial charge is 0.317 e. The van der Waals surface area contributed by atoms with Crippen LogP contribution in [0.2, 0.25) is 0 Å². The summed E-state index contributed by atoms with van der Waals surface area (Å²) in [7, 11) is 0. The monoisotopic (exact) mass is 259 g/mol. The molecule has 1 aliphatic heterocycles. The fraction of sp³-hybridized carbons (Fsp3) is 0.364. The van der Waals surface area contributed by atoms with E-state index in [4.69, 9.17) is 0 Å². The first kappa shape index (κ1) is 12.5. The highest BCUT2D eigenvalue weighted by Gasteiger charge is 2.18. The van der Waals surface area contributed by atoms with Crippen molar-refractivity contribution in [2.45, 2.75) is 0 Å². The van der Waals surface area contributed by atoms with E-state index in [-0.39, 0.29) is 18.3 Å². The largest absolute Gasteiger partial charge is 0.381 e. The van der Waals surface area contributed by atoms with E-state index in [1.54, 1.807) is 0 Å². The van der Waals surface area contributed by atoms with Gasteiger partial charge in [0, 0.05) is 38.3 Å². The first-order valence-corrected chi connectivity index (χ1v) is 5.49. The molecule has 1 aromatic rings. The molecule has 1 heterocycles. The van der Waals surface area contributed by atoms with Gasteiger partial charge in [-0.2, -0.15) is 0 Å². The second kappa shape index (κ2) is 5.16. The highest BCUT2D eigenvalue weighted by atomic mass is 19.2. The molecule has 1 aromatic carbocycles. The summed E-state index contributed by atoms with van der Waals surface area (Å²) >= 11 is 0. The fourth-order valence-corrected chi connectivity index (χ4v) is 1.73. The summed E-state index contributed by atoms with van der Waals surface area (Å²) < 4.78 is 39.0. The number of benzene rings is 1. The van der Waals surface area contributed by atoms with Crippen LogP contribution in [0.25, 0.3) is 0 Å². The summed E-state index contributed by atoms with van der Waals surface area (Å²) in [4.78, 5) is 12.7. The van der Waals surface area contributed by atoms with Crippen LogP contribution < -0.4 is 10.6 Å². The quantitative estimate of drug-likeness (QED) is 0.806. The number of urea groups is 1. The summed E-state index contributed by atoms with van der Waals surface area (Å²) in [6.07, 6.45) is 0. The normalized spacial score (nSPS) is 14.8. The molecule has 0 bridgehead atoms. The second-order valence-corrected chi connectivity index (χ2v) is 3.89. The molecular weight excluding hydrogens is 247 g/mol. The van der Waals surface area contributed by atoms with Gasteiger partial charge in [-0.15, -0.1) is 0 Å². The van der Waals surface area contributed by atoms with Crippen molar-refractivity contribution in [3.8, 4) is 0 Å². The maximum Gasteiger partial charge on any atom is 0.317 e. The zero-order valence-corrected chi connectivity index (χ0v) is 9.47. The molecule has 0 spiro atoms. The van der Waals surface area contributed by atoms with E-state index >= 15 is 0 Å². The first-order chi connectivity index (χ1) is 8.58. The number of carbonyl (C=O) groups is 1. The molecule has 0 radical (unpaired) electrons. The average molecular weight is 259 g/mol. The van der Waals surface area contributed by atoms with Crippen LogP contribution in [0.1, 0.15) is 0 Å². The Balaban J connectivity index is 1.92. The average Bonchev–Trinajstić information content (AvgIpc) is 2.71. The Hall–Kier alpha value is -1.92. The zero-order chi connectivity index (χ0) is 13.1. The van der Waals surface area contributed by atoms with Crippen molar-refractivity contribution in [1.82, 2.24) is 10.2 Å². The fourth-order valence-electron chi connectivity index (χ4n) is 1.73.